The van der Waals surface area contributed by atoms with Gasteiger partial charge in [-0.15, -0.1) is 0 Å². The van der Waals surface area contributed by atoms with E-state index in [0.717, 1.165) is 32.4 Å². The normalized spacial score (nSPS) is 18.8. The third-order valence-corrected chi connectivity index (χ3v) is 5.48. The van der Waals surface area contributed by atoms with Crippen LogP contribution in [0.2, 0.25) is 0 Å². The van der Waals surface area contributed by atoms with Crippen LogP contribution in [-0.2, 0) is 10.0 Å². The largest absolute Gasteiger partial charge is 0.317 e. The van der Waals surface area contributed by atoms with Crippen molar-refractivity contribution >= 4 is 10.0 Å². The molecule has 0 spiro atoms. The number of piperidine rings is 1. The maximum absolute atomic E-state index is 11.9. The number of hydrogen-bond acceptors (Lipinski definition) is 3. The molecule has 4 nitrogen and oxygen atoms in total. The topological polar surface area (TPSA) is 49.4 Å². The second-order valence-electron chi connectivity index (χ2n) is 4.97. The lowest BCUT2D eigenvalue weighted by Gasteiger charge is -2.25. The fourth-order valence-electron chi connectivity index (χ4n) is 2.16. The number of nitrogens with one attached hydrogen (secondary N) is 1. The Labute approximate surface area is 106 Å². The molecule has 0 aromatic rings. The van der Waals surface area contributed by atoms with Crippen molar-refractivity contribution in [1.29, 1.82) is 0 Å². The van der Waals surface area contributed by atoms with Gasteiger partial charge in [0.1, 0.15) is 0 Å². The van der Waals surface area contributed by atoms with Crippen LogP contribution in [0.3, 0.4) is 0 Å². The van der Waals surface area contributed by atoms with Crippen molar-refractivity contribution in [1.82, 2.24) is 9.62 Å². The van der Waals surface area contributed by atoms with Crippen molar-refractivity contribution in [3.63, 3.8) is 0 Å². The Bertz CT molecular complexity index is 298. The Morgan fingerprint density at radius 2 is 1.94 bits per heavy atom. The van der Waals surface area contributed by atoms with Crippen LogP contribution in [0, 0.1) is 5.92 Å². The van der Waals surface area contributed by atoms with Gasteiger partial charge in [-0.05, 0) is 44.7 Å². The van der Waals surface area contributed by atoms with Crippen molar-refractivity contribution in [2.75, 3.05) is 32.4 Å². The molecule has 0 aromatic heterocycles. The molecule has 1 rings (SSSR count). The summed E-state index contributed by atoms with van der Waals surface area (Å²) in [6, 6.07) is 0. The summed E-state index contributed by atoms with van der Waals surface area (Å²) in [6.45, 7) is 4.86. The minimum Gasteiger partial charge on any atom is -0.317 e. The van der Waals surface area contributed by atoms with Gasteiger partial charge >= 0.3 is 0 Å². The number of rotatable bonds is 7. The molecule has 1 aliphatic rings. The van der Waals surface area contributed by atoms with Crippen molar-refractivity contribution in [2.24, 2.45) is 5.92 Å². The second kappa shape index (κ2) is 7.34. The van der Waals surface area contributed by atoms with E-state index in [0.29, 0.717) is 18.2 Å². The van der Waals surface area contributed by atoms with E-state index in [1.165, 1.54) is 12.8 Å². The summed E-state index contributed by atoms with van der Waals surface area (Å²) in [5.41, 5.74) is 0. The highest BCUT2D eigenvalue weighted by atomic mass is 32.2. The van der Waals surface area contributed by atoms with E-state index < -0.39 is 10.0 Å². The predicted molar refractivity (Wildman–Crippen MR) is 71.5 cm³/mol. The summed E-state index contributed by atoms with van der Waals surface area (Å²) < 4.78 is 25.3. The zero-order chi connectivity index (χ0) is 12.7. The van der Waals surface area contributed by atoms with Gasteiger partial charge in [-0.2, -0.15) is 0 Å². The van der Waals surface area contributed by atoms with E-state index in [9.17, 15) is 8.42 Å². The van der Waals surface area contributed by atoms with Crippen LogP contribution in [0.5, 0.6) is 0 Å². The third-order valence-electron chi connectivity index (χ3n) is 3.54. The van der Waals surface area contributed by atoms with Crippen LogP contribution in [-0.4, -0.2) is 45.2 Å². The lowest BCUT2D eigenvalue weighted by Crippen LogP contribution is -2.33. The van der Waals surface area contributed by atoms with Gasteiger partial charge in [0.25, 0.3) is 0 Å². The van der Waals surface area contributed by atoms with Gasteiger partial charge in [0.15, 0.2) is 0 Å². The number of sulfonamides is 1. The zero-order valence-corrected chi connectivity index (χ0v) is 11.9. The number of unbranched alkanes of at least 4 members (excludes halogenated alkanes) is 1. The van der Waals surface area contributed by atoms with Gasteiger partial charge in [0, 0.05) is 13.6 Å². The fraction of sp³-hybridized carbons (Fsp3) is 1.00. The SMILES string of the molecule is CCCCS(=O)(=O)N(C)CCC1CCNCC1. The molecule has 0 unspecified atom stereocenters. The molecule has 5 heteroatoms. The van der Waals surface area contributed by atoms with Gasteiger partial charge in [-0.3, -0.25) is 0 Å². The summed E-state index contributed by atoms with van der Waals surface area (Å²) in [6.07, 6.45) is 5.07. The number of hydrogen-bond donors (Lipinski definition) is 1. The van der Waals surface area contributed by atoms with Gasteiger partial charge in [0.05, 0.1) is 5.75 Å². The van der Waals surface area contributed by atoms with E-state index in [1.54, 1.807) is 11.4 Å². The first-order valence-electron chi connectivity index (χ1n) is 6.71. The molecule has 0 amide bonds. The molecule has 1 saturated heterocycles. The maximum Gasteiger partial charge on any atom is 0.213 e. The first-order chi connectivity index (χ1) is 8.06. The molecule has 1 heterocycles. The second-order valence-corrected chi connectivity index (χ2v) is 7.17. The standard InChI is InChI=1S/C12H26N2O2S/c1-3-4-11-17(15,16)14(2)10-7-12-5-8-13-9-6-12/h12-13H,3-11H2,1-2H3. The van der Waals surface area contributed by atoms with E-state index in [-0.39, 0.29) is 0 Å². The highest BCUT2D eigenvalue weighted by Crippen LogP contribution is 2.17. The van der Waals surface area contributed by atoms with E-state index in [4.69, 9.17) is 0 Å². The van der Waals surface area contributed by atoms with Crippen LogP contribution in [0.15, 0.2) is 0 Å². The smallest absolute Gasteiger partial charge is 0.213 e. The monoisotopic (exact) mass is 262 g/mol. The van der Waals surface area contributed by atoms with Crippen LogP contribution in [0.1, 0.15) is 39.0 Å². The Kier molecular flexibility index (Phi) is 6.44. The molecule has 0 aliphatic carbocycles. The quantitative estimate of drug-likeness (QED) is 0.755. The van der Waals surface area contributed by atoms with Crippen LogP contribution in [0.25, 0.3) is 0 Å². The molecule has 1 N–H and O–H groups in total. The van der Waals surface area contributed by atoms with Crippen LogP contribution in [0.4, 0.5) is 0 Å². The van der Waals surface area contributed by atoms with Gasteiger partial charge < -0.3 is 5.32 Å². The predicted octanol–water partition coefficient (Wildman–Crippen LogP) is 1.44. The van der Waals surface area contributed by atoms with Gasteiger partial charge in [0.2, 0.25) is 10.0 Å². The number of nitrogens with zero attached hydrogens (tertiary/aromatic N) is 1. The molecule has 0 radical (unpaired) electrons. The van der Waals surface area contributed by atoms with E-state index >= 15 is 0 Å². The minimum atomic E-state index is -3.01. The average molecular weight is 262 g/mol. The van der Waals surface area contributed by atoms with Crippen molar-refractivity contribution in [3.05, 3.63) is 0 Å². The molecule has 0 bridgehead atoms. The lowest BCUT2D eigenvalue weighted by molar-refractivity contribution is 0.326. The average Bonchev–Trinajstić information content (AvgIpc) is 2.34. The van der Waals surface area contributed by atoms with E-state index in [1.807, 2.05) is 6.92 Å². The molecule has 1 fully saturated rings. The highest BCUT2D eigenvalue weighted by Gasteiger charge is 2.19. The minimum absolute atomic E-state index is 0.298. The Balaban J connectivity index is 2.29. The Morgan fingerprint density at radius 1 is 1.29 bits per heavy atom. The van der Waals surface area contributed by atoms with Crippen molar-refractivity contribution in [3.8, 4) is 0 Å². The summed E-state index contributed by atoms with van der Waals surface area (Å²) in [4.78, 5) is 0. The van der Waals surface area contributed by atoms with E-state index in [2.05, 4.69) is 5.32 Å². The highest BCUT2D eigenvalue weighted by molar-refractivity contribution is 7.89. The molecule has 0 aromatic carbocycles. The zero-order valence-electron chi connectivity index (χ0n) is 11.1. The molecular weight excluding hydrogens is 236 g/mol. The molecule has 17 heavy (non-hydrogen) atoms. The lowest BCUT2D eigenvalue weighted by atomic mass is 9.95. The van der Waals surface area contributed by atoms with Gasteiger partial charge in [-0.1, -0.05) is 13.3 Å². The molecule has 102 valence electrons. The van der Waals surface area contributed by atoms with Crippen LogP contribution < -0.4 is 5.32 Å². The molecule has 1 aliphatic heterocycles. The van der Waals surface area contributed by atoms with Gasteiger partial charge in [-0.25, -0.2) is 12.7 Å². The Morgan fingerprint density at radius 3 is 2.53 bits per heavy atom. The summed E-state index contributed by atoms with van der Waals surface area (Å²) in [5.74, 6) is 0.992. The Hall–Kier alpha value is -0.130. The first-order valence-corrected chi connectivity index (χ1v) is 8.32. The molecule has 0 atom stereocenters. The fourth-order valence-corrected chi connectivity index (χ4v) is 3.51. The maximum atomic E-state index is 11.9. The third kappa shape index (κ3) is 5.36. The molecular formula is C12H26N2O2S. The van der Waals surface area contributed by atoms with Crippen molar-refractivity contribution in [2.45, 2.75) is 39.0 Å². The first kappa shape index (κ1) is 14.9. The summed E-state index contributed by atoms with van der Waals surface area (Å²) >= 11 is 0. The molecule has 0 saturated carbocycles. The summed E-state index contributed by atoms with van der Waals surface area (Å²) in [7, 11) is -1.29. The summed E-state index contributed by atoms with van der Waals surface area (Å²) in [5, 5.41) is 3.33. The van der Waals surface area contributed by atoms with Crippen molar-refractivity contribution < 1.29 is 8.42 Å². The van der Waals surface area contributed by atoms with Crippen LogP contribution >= 0.6 is 0 Å².